The summed E-state index contributed by atoms with van der Waals surface area (Å²) >= 11 is 0. The minimum absolute atomic E-state index is 0.120. The average molecular weight is 406 g/mol. The Morgan fingerprint density at radius 1 is 1.07 bits per heavy atom. The van der Waals surface area contributed by atoms with Crippen LogP contribution in [0.1, 0.15) is 28.8 Å². The molecule has 29 heavy (non-hydrogen) atoms. The fourth-order valence-electron chi connectivity index (χ4n) is 3.27. The topological polar surface area (TPSA) is 58.6 Å². The maximum absolute atomic E-state index is 12.6. The van der Waals surface area contributed by atoms with Gasteiger partial charge in [-0.05, 0) is 55.3 Å². The number of nitrogens with zero attached hydrogens (tertiary/aromatic N) is 1. The molecule has 0 saturated carbocycles. The van der Waals surface area contributed by atoms with Gasteiger partial charge in [0.2, 0.25) is 5.91 Å². The zero-order chi connectivity index (χ0) is 21.0. The van der Waals surface area contributed by atoms with E-state index >= 15 is 0 Å². The molecule has 3 rings (SSSR count). The number of carbonyl (C=O) groups excluding carboxylic acids is 2. The summed E-state index contributed by atoms with van der Waals surface area (Å²) in [5.41, 5.74) is 0.0785. The number of rotatable bonds is 4. The molecule has 1 fully saturated rings. The molecule has 1 N–H and O–H groups in total. The second-order valence-corrected chi connectivity index (χ2v) is 6.86. The molecule has 0 bridgehead atoms. The largest absolute Gasteiger partial charge is 0.497 e. The summed E-state index contributed by atoms with van der Waals surface area (Å²) in [4.78, 5) is 26.7. The Morgan fingerprint density at radius 3 is 2.31 bits per heavy atom. The van der Waals surface area contributed by atoms with Crippen LogP contribution in [0.25, 0.3) is 0 Å². The van der Waals surface area contributed by atoms with Gasteiger partial charge < -0.3 is 15.0 Å². The fraction of sp³-hybridized carbons (Fsp3) is 0.333. The number of nitrogens with one attached hydrogen (secondary N) is 1. The smallest absolute Gasteiger partial charge is 0.416 e. The number of alkyl halides is 3. The first kappa shape index (κ1) is 20.7. The van der Waals surface area contributed by atoms with E-state index in [9.17, 15) is 22.8 Å². The number of piperidine rings is 1. The van der Waals surface area contributed by atoms with Gasteiger partial charge in [-0.3, -0.25) is 9.59 Å². The van der Waals surface area contributed by atoms with E-state index in [2.05, 4.69) is 5.32 Å². The first-order valence-electron chi connectivity index (χ1n) is 9.19. The maximum Gasteiger partial charge on any atom is 0.416 e. The molecule has 0 unspecified atom stereocenters. The van der Waals surface area contributed by atoms with E-state index in [4.69, 9.17) is 4.74 Å². The lowest BCUT2D eigenvalue weighted by Crippen LogP contribution is -2.41. The Hall–Kier alpha value is -3.03. The highest BCUT2D eigenvalue weighted by Crippen LogP contribution is 2.30. The summed E-state index contributed by atoms with van der Waals surface area (Å²) in [5, 5.41) is 2.65. The van der Waals surface area contributed by atoms with Crippen LogP contribution in [0.2, 0.25) is 0 Å². The number of hydrogen-bond donors (Lipinski definition) is 1. The molecule has 2 amide bonds. The van der Waals surface area contributed by atoms with Gasteiger partial charge in [0.15, 0.2) is 0 Å². The van der Waals surface area contributed by atoms with Crippen molar-refractivity contribution in [2.75, 3.05) is 25.5 Å². The Balaban J connectivity index is 1.54. The highest BCUT2D eigenvalue weighted by molar-refractivity contribution is 5.95. The standard InChI is InChI=1S/C21H21F3N2O3/c1-29-18-4-2-3-15(13-18)20(28)26-11-9-14(10-12-26)19(27)25-17-7-5-16(6-8-17)21(22,23)24/h2-8,13-14H,9-12H2,1H3,(H,25,27). The van der Waals surface area contributed by atoms with Gasteiger partial charge in [0.1, 0.15) is 5.75 Å². The van der Waals surface area contributed by atoms with E-state index in [1.807, 2.05) is 0 Å². The van der Waals surface area contributed by atoms with E-state index < -0.39 is 11.7 Å². The summed E-state index contributed by atoms with van der Waals surface area (Å²) in [6.45, 7) is 0.863. The monoisotopic (exact) mass is 406 g/mol. The number of likely N-dealkylation sites (tertiary alicyclic amines) is 1. The molecule has 154 valence electrons. The second kappa shape index (κ2) is 8.55. The third kappa shape index (κ3) is 5.07. The van der Waals surface area contributed by atoms with Crippen LogP contribution >= 0.6 is 0 Å². The summed E-state index contributed by atoms with van der Waals surface area (Å²) in [5.74, 6) is -0.0722. The van der Waals surface area contributed by atoms with E-state index in [-0.39, 0.29) is 17.7 Å². The Bertz CT molecular complexity index is 873. The first-order chi connectivity index (χ1) is 13.8. The zero-order valence-electron chi connectivity index (χ0n) is 15.8. The Labute approximate surface area is 166 Å². The molecule has 2 aromatic rings. The molecule has 2 aromatic carbocycles. The van der Waals surface area contributed by atoms with Crippen LogP contribution in [0.4, 0.5) is 18.9 Å². The third-order valence-electron chi connectivity index (χ3n) is 4.95. The van der Waals surface area contributed by atoms with Crippen molar-refractivity contribution in [2.45, 2.75) is 19.0 Å². The number of methoxy groups -OCH3 is 1. The van der Waals surface area contributed by atoms with Crippen LogP contribution in [-0.2, 0) is 11.0 Å². The molecule has 8 heteroatoms. The van der Waals surface area contributed by atoms with Crippen LogP contribution in [0.15, 0.2) is 48.5 Å². The Kier molecular flexibility index (Phi) is 6.10. The average Bonchev–Trinajstić information content (AvgIpc) is 2.73. The summed E-state index contributed by atoms with van der Waals surface area (Å²) in [6, 6.07) is 11.2. The van der Waals surface area contributed by atoms with Crippen molar-refractivity contribution in [3.63, 3.8) is 0 Å². The van der Waals surface area contributed by atoms with Crippen LogP contribution in [0, 0.1) is 5.92 Å². The molecule has 0 spiro atoms. The van der Waals surface area contributed by atoms with E-state index in [1.165, 1.54) is 19.2 Å². The molecule has 1 heterocycles. The number of benzene rings is 2. The van der Waals surface area contributed by atoms with Crippen molar-refractivity contribution < 1.29 is 27.5 Å². The van der Waals surface area contributed by atoms with Crippen LogP contribution in [-0.4, -0.2) is 36.9 Å². The quantitative estimate of drug-likeness (QED) is 0.828. The molecular weight excluding hydrogens is 385 g/mol. The summed E-state index contributed by atoms with van der Waals surface area (Å²) in [6.07, 6.45) is -3.44. The molecule has 1 aliphatic heterocycles. The molecule has 0 atom stereocenters. The SMILES string of the molecule is COc1cccc(C(=O)N2CCC(C(=O)Nc3ccc(C(F)(F)F)cc3)CC2)c1. The molecule has 5 nitrogen and oxygen atoms in total. The fourth-order valence-corrected chi connectivity index (χ4v) is 3.27. The van der Waals surface area contributed by atoms with Gasteiger partial charge in [-0.15, -0.1) is 0 Å². The predicted octanol–water partition coefficient (Wildman–Crippen LogP) is 4.20. The number of halogens is 3. The molecular formula is C21H21F3N2O3. The van der Waals surface area contributed by atoms with Crippen molar-refractivity contribution in [3.05, 3.63) is 59.7 Å². The van der Waals surface area contributed by atoms with Crippen molar-refractivity contribution in [1.29, 1.82) is 0 Å². The van der Waals surface area contributed by atoms with Gasteiger partial charge in [-0.1, -0.05) is 6.07 Å². The highest BCUT2D eigenvalue weighted by atomic mass is 19.4. The van der Waals surface area contributed by atoms with Crippen LogP contribution < -0.4 is 10.1 Å². The number of amides is 2. The van der Waals surface area contributed by atoms with Crippen LogP contribution in [0.3, 0.4) is 0 Å². The number of hydrogen-bond acceptors (Lipinski definition) is 3. The van der Waals surface area contributed by atoms with Crippen molar-refractivity contribution in [3.8, 4) is 5.75 Å². The lowest BCUT2D eigenvalue weighted by atomic mass is 9.95. The van der Waals surface area contributed by atoms with Gasteiger partial charge in [-0.25, -0.2) is 0 Å². The zero-order valence-corrected chi connectivity index (χ0v) is 15.8. The summed E-state index contributed by atoms with van der Waals surface area (Å²) in [7, 11) is 1.53. The molecule has 0 radical (unpaired) electrons. The molecule has 0 aromatic heterocycles. The van der Waals surface area contributed by atoms with Crippen molar-refractivity contribution >= 4 is 17.5 Å². The van der Waals surface area contributed by atoms with E-state index in [0.717, 1.165) is 12.1 Å². The van der Waals surface area contributed by atoms with Gasteiger partial charge in [0, 0.05) is 30.3 Å². The van der Waals surface area contributed by atoms with E-state index in [0.29, 0.717) is 42.9 Å². The number of anilines is 1. The number of ether oxygens (including phenoxy) is 1. The lowest BCUT2D eigenvalue weighted by Gasteiger charge is -2.31. The maximum atomic E-state index is 12.6. The van der Waals surface area contributed by atoms with Gasteiger partial charge in [0.05, 0.1) is 12.7 Å². The first-order valence-corrected chi connectivity index (χ1v) is 9.19. The number of carbonyl (C=O) groups is 2. The molecule has 1 saturated heterocycles. The van der Waals surface area contributed by atoms with Crippen molar-refractivity contribution in [2.24, 2.45) is 5.92 Å². The predicted molar refractivity (Wildman–Crippen MR) is 102 cm³/mol. The van der Waals surface area contributed by atoms with Crippen molar-refractivity contribution in [1.82, 2.24) is 4.90 Å². The summed E-state index contributed by atoms with van der Waals surface area (Å²) < 4.78 is 43.0. The molecule has 0 aliphatic carbocycles. The van der Waals surface area contributed by atoms with Gasteiger partial charge >= 0.3 is 6.18 Å². The highest BCUT2D eigenvalue weighted by Gasteiger charge is 2.31. The van der Waals surface area contributed by atoms with Gasteiger partial charge in [0.25, 0.3) is 5.91 Å². The van der Waals surface area contributed by atoms with E-state index in [1.54, 1.807) is 29.2 Å². The van der Waals surface area contributed by atoms with Gasteiger partial charge in [-0.2, -0.15) is 13.2 Å². The second-order valence-electron chi connectivity index (χ2n) is 6.86. The Morgan fingerprint density at radius 2 is 1.72 bits per heavy atom. The minimum atomic E-state index is -4.41. The lowest BCUT2D eigenvalue weighted by molar-refractivity contribution is -0.137. The minimum Gasteiger partial charge on any atom is -0.497 e. The van der Waals surface area contributed by atoms with Crippen LogP contribution in [0.5, 0.6) is 5.75 Å². The normalized spacial score (nSPS) is 15.1. The third-order valence-corrected chi connectivity index (χ3v) is 4.95. The molecule has 1 aliphatic rings.